The first-order chi connectivity index (χ1) is 9.24. The Morgan fingerprint density at radius 2 is 2.00 bits per heavy atom. The maximum Gasteiger partial charge on any atom is 0.255 e. The standard InChI is InChI=1S/C13H8ClN3OS/c14-9-4-1-3-8(7-9)13(18)15-10-5-2-6-11-12(10)17-19-16-11/h1-7H,(H,15,18). The van der Waals surface area contributed by atoms with Crippen LogP contribution >= 0.6 is 23.3 Å². The van der Waals surface area contributed by atoms with Crippen molar-refractivity contribution in [2.45, 2.75) is 0 Å². The summed E-state index contributed by atoms with van der Waals surface area (Å²) in [5.74, 6) is -0.219. The summed E-state index contributed by atoms with van der Waals surface area (Å²) in [5, 5.41) is 3.35. The van der Waals surface area contributed by atoms with Crippen molar-refractivity contribution in [3.8, 4) is 0 Å². The van der Waals surface area contributed by atoms with E-state index in [4.69, 9.17) is 11.6 Å². The molecule has 3 rings (SSSR count). The average Bonchev–Trinajstić information content (AvgIpc) is 2.88. The molecule has 6 heteroatoms. The summed E-state index contributed by atoms with van der Waals surface area (Å²) in [4.78, 5) is 12.1. The quantitative estimate of drug-likeness (QED) is 0.784. The van der Waals surface area contributed by atoms with E-state index in [0.717, 1.165) is 17.2 Å². The molecule has 1 amide bonds. The molecule has 0 aliphatic rings. The molecule has 0 saturated carbocycles. The van der Waals surface area contributed by atoms with Gasteiger partial charge in [0, 0.05) is 10.6 Å². The fourth-order valence-corrected chi connectivity index (χ4v) is 2.47. The van der Waals surface area contributed by atoms with Gasteiger partial charge in [-0.25, -0.2) is 0 Å². The minimum absolute atomic E-state index is 0.219. The number of amides is 1. The fraction of sp³-hybridized carbons (Fsp3) is 0. The lowest BCUT2D eigenvalue weighted by atomic mass is 10.2. The highest BCUT2D eigenvalue weighted by molar-refractivity contribution is 7.00. The molecule has 0 radical (unpaired) electrons. The third kappa shape index (κ3) is 2.43. The molecule has 3 aromatic rings. The number of rotatable bonds is 2. The lowest BCUT2D eigenvalue weighted by Gasteiger charge is -2.05. The van der Waals surface area contributed by atoms with Gasteiger partial charge in [0.05, 0.1) is 17.4 Å². The highest BCUT2D eigenvalue weighted by atomic mass is 35.5. The number of fused-ring (bicyclic) bond motifs is 1. The van der Waals surface area contributed by atoms with Gasteiger partial charge in [0.1, 0.15) is 11.0 Å². The van der Waals surface area contributed by atoms with E-state index >= 15 is 0 Å². The van der Waals surface area contributed by atoms with Gasteiger partial charge in [-0.05, 0) is 30.3 Å². The predicted octanol–water partition coefficient (Wildman–Crippen LogP) is 3.60. The molecule has 0 atom stereocenters. The zero-order valence-electron chi connectivity index (χ0n) is 9.63. The molecule has 1 heterocycles. The van der Waals surface area contributed by atoms with E-state index in [1.54, 1.807) is 30.3 Å². The topological polar surface area (TPSA) is 54.9 Å². The van der Waals surface area contributed by atoms with Crippen LogP contribution in [0.3, 0.4) is 0 Å². The molecular weight excluding hydrogens is 282 g/mol. The molecule has 94 valence electrons. The highest BCUT2D eigenvalue weighted by Gasteiger charge is 2.10. The normalized spacial score (nSPS) is 10.6. The van der Waals surface area contributed by atoms with Crippen LogP contribution in [-0.4, -0.2) is 14.7 Å². The van der Waals surface area contributed by atoms with E-state index in [2.05, 4.69) is 14.1 Å². The number of carbonyl (C=O) groups excluding carboxylic acids is 1. The highest BCUT2D eigenvalue weighted by Crippen LogP contribution is 2.22. The number of benzene rings is 2. The molecule has 0 aliphatic carbocycles. The van der Waals surface area contributed by atoms with Crippen LogP contribution < -0.4 is 5.32 Å². The second kappa shape index (κ2) is 4.95. The third-order valence-corrected chi connectivity index (χ3v) is 3.40. The summed E-state index contributed by atoms with van der Waals surface area (Å²) in [7, 11) is 0. The summed E-state index contributed by atoms with van der Waals surface area (Å²) in [6.07, 6.45) is 0. The van der Waals surface area contributed by atoms with Crippen LogP contribution in [0.2, 0.25) is 5.02 Å². The first-order valence-corrected chi connectivity index (χ1v) is 6.63. The Morgan fingerprint density at radius 3 is 2.84 bits per heavy atom. The van der Waals surface area contributed by atoms with E-state index in [9.17, 15) is 4.79 Å². The first-order valence-electron chi connectivity index (χ1n) is 5.52. The van der Waals surface area contributed by atoms with Crippen LogP contribution in [0.1, 0.15) is 10.4 Å². The minimum atomic E-state index is -0.219. The van der Waals surface area contributed by atoms with Crippen molar-refractivity contribution in [1.82, 2.24) is 8.75 Å². The Bertz CT molecular complexity index is 756. The van der Waals surface area contributed by atoms with Crippen molar-refractivity contribution in [3.05, 3.63) is 53.1 Å². The van der Waals surface area contributed by atoms with Gasteiger partial charge in [-0.1, -0.05) is 23.7 Å². The van der Waals surface area contributed by atoms with Crippen LogP contribution in [-0.2, 0) is 0 Å². The molecule has 4 nitrogen and oxygen atoms in total. The van der Waals surface area contributed by atoms with Gasteiger partial charge < -0.3 is 5.32 Å². The number of carbonyl (C=O) groups is 1. The second-order valence-electron chi connectivity index (χ2n) is 3.90. The number of nitrogens with zero attached hydrogens (tertiary/aromatic N) is 2. The van der Waals surface area contributed by atoms with Crippen molar-refractivity contribution < 1.29 is 4.79 Å². The van der Waals surface area contributed by atoms with Crippen LogP contribution in [0.15, 0.2) is 42.5 Å². The maximum atomic E-state index is 12.1. The Balaban J connectivity index is 1.93. The Labute approximate surface area is 118 Å². The van der Waals surface area contributed by atoms with Gasteiger partial charge in [-0.2, -0.15) is 8.75 Å². The number of nitrogens with one attached hydrogen (secondary N) is 1. The Hall–Kier alpha value is -1.98. The van der Waals surface area contributed by atoms with Gasteiger partial charge in [-0.3, -0.25) is 4.79 Å². The number of hydrogen-bond donors (Lipinski definition) is 1. The number of aromatic nitrogens is 2. The van der Waals surface area contributed by atoms with E-state index in [1.807, 2.05) is 12.1 Å². The average molecular weight is 290 g/mol. The van der Waals surface area contributed by atoms with E-state index < -0.39 is 0 Å². The second-order valence-corrected chi connectivity index (χ2v) is 4.87. The van der Waals surface area contributed by atoms with Gasteiger partial charge in [0.25, 0.3) is 5.91 Å². The Morgan fingerprint density at radius 1 is 1.16 bits per heavy atom. The van der Waals surface area contributed by atoms with Crippen LogP contribution in [0.5, 0.6) is 0 Å². The Kier molecular flexibility index (Phi) is 3.15. The molecule has 19 heavy (non-hydrogen) atoms. The van der Waals surface area contributed by atoms with Gasteiger partial charge >= 0.3 is 0 Å². The number of hydrogen-bond acceptors (Lipinski definition) is 4. The van der Waals surface area contributed by atoms with E-state index in [-0.39, 0.29) is 5.91 Å². The van der Waals surface area contributed by atoms with Crippen molar-refractivity contribution in [2.75, 3.05) is 5.32 Å². The smallest absolute Gasteiger partial charge is 0.255 e. The van der Waals surface area contributed by atoms with Crippen molar-refractivity contribution in [3.63, 3.8) is 0 Å². The van der Waals surface area contributed by atoms with Crippen LogP contribution in [0.4, 0.5) is 5.69 Å². The summed E-state index contributed by atoms with van der Waals surface area (Å²) < 4.78 is 8.30. The van der Waals surface area contributed by atoms with Gasteiger partial charge in [0.15, 0.2) is 0 Å². The zero-order valence-corrected chi connectivity index (χ0v) is 11.2. The monoisotopic (exact) mass is 289 g/mol. The number of anilines is 1. The van der Waals surface area contributed by atoms with Crippen molar-refractivity contribution >= 4 is 46.0 Å². The summed E-state index contributed by atoms with van der Waals surface area (Å²) in [5.41, 5.74) is 2.63. The molecule has 2 aromatic carbocycles. The molecule has 0 bridgehead atoms. The number of halogens is 1. The SMILES string of the molecule is O=C(Nc1cccc2nsnc12)c1cccc(Cl)c1. The third-order valence-electron chi connectivity index (χ3n) is 2.62. The van der Waals surface area contributed by atoms with Crippen molar-refractivity contribution in [2.24, 2.45) is 0 Å². The maximum absolute atomic E-state index is 12.1. The molecule has 1 N–H and O–H groups in total. The first kappa shape index (κ1) is 12.1. The van der Waals surface area contributed by atoms with Crippen LogP contribution in [0.25, 0.3) is 11.0 Å². The fourth-order valence-electron chi connectivity index (χ4n) is 1.73. The molecule has 0 aliphatic heterocycles. The largest absolute Gasteiger partial charge is 0.320 e. The summed E-state index contributed by atoms with van der Waals surface area (Å²) in [6, 6.07) is 12.3. The lowest BCUT2D eigenvalue weighted by Crippen LogP contribution is -2.12. The van der Waals surface area contributed by atoms with E-state index in [1.165, 1.54) is 0 Å². The summed E-state index contributed by atoms with van der Waals surface area (Å²) >= 11 is 6.99. The summed E-state index contributed by atoms with van der Waals surface area (Å²) in [6.45, 7) is 0. The van der Waals surface area contributed by atoms with Crippen LogP contribution in [0, 0.1) is 0 Å². The molecule has 0 unspecified atom stereocenters. The minimum Gasteiger partial charge on any atom is -0.320 e. The lowest BCUT2D eigenvalue weighted by molar-refractivity contribution is 0.102. The van der Waals surface area contributed by atoms with Crippen molar-refractivity contribution in [1.29, 1.82) is 0 Å². The van der Waals surface area contributed by atoms with E-state index in [0.29, 0.717) is 21.8 Å². The van der Waals surface area contributed by atoms with Gasteiger partial charge in [-0.15, -0.1) is 0 Å². The molecule has 0 saturated heterocycles. The molecule has 0 spiro atoms. The zero-order chi connectivity index (χ0) is 13.2. The molecule has 0 fully saturated rings. The molecular formula is C13H8ClN3OS. The molecule has 1 aromatic heterocycles. The van der Waals surface area contributed by atoms with Gasteiger partial charge in [0.2, 0.25) is 0 Å². The predicted molar refractivity (Wildman–Crippen MR) is 76.8 cm³/mol.